The Bertz CT molecular complexity index is 925. The van der Waals surface area contributed by atoms with Gasteiger partial charge in [0.1, 0.15) is 12.3 Å². The number of rotatable bonds is 6. The molecule has 1 N–H and O–H groups in total. The molecule has 0 aliphatic carbocycles. The summed E-state index contributed by atoms with van der Waals surface area (Å²) in [5.74, 6) is 0.200. The third-order valence-corrected chi connectivity index (χ3v) is 4.63. The molecule has 1 saturated heterocycles. The van der Waals surface area contributed by atoms with Crippen molar-refractivity contribution in [2.75, 3.05) is 32.2 Å². The number of hydrogen-bond acceptors (Lipinski definition) is 6. The van der Waals surface area contributed by atoms with E-state index in [1.807, 2.05) is 0 Å². The minimum absolute atomic E-state index is 0.0912. The van der Waals surface area contributed by atoms with Gasteiger partial charge >= 0.3 is 0 Å². The number of methoxy groups -OCH3 is 1. The van der Waals surface area contributed by atoms with Gasteiger partial charge in [0.15, 0.2) is 0 Å². The maximum absolute atomic E-state index is 12.8. The van der Waals surface area contributed by atoms with Crippen LogP contribution in [0, 0.1) is 6.92 Å². The fourth-order valence-corrected chi connectivity index (χ4v) is 3.14. The molecule has 3 rings (SSSR count). The molecule has 29 heavy (non-hydrogen) atoms. The number of ether oxygens (including phenoxy) is 2. The number of carbonyl (C=O) groups is 2. The van der Waals surface area contributed by atoms with Gasteiger partial charge in [0.05, 0.1) is 32.1 Å². The highest BCUT2D eigenvalue weighted by Gasteiger charge is 2.29. The third kappa shape index (κ3) is 5.41. The molecule has 0 saturated carbocycles. The average Bonchev–Trinajstić information content (AvgIpc) is 2.71. The number of amides is 2. The van der Waals surface area contributed by atoms with E-state index in [9.17, 15) is 14.4 Å². The minimum atomic E-state index is -0.407. The normalized spacial score (nSPS) is 16.3. The number of aryl methyl sites for hydroxylation is 1. The van der Waals surface area contributed by atoms with Gasteiger partial charge in [-0.2, -0.15) is 5.10 Å². The van der Waals surface area contributed by atoms with Crippen LogP contribution in [-0.4, -0.2) is 59.4 Å². The second-order valence-corrected chi connectivity index (χ2v) is 6.77. The molecule has 0 radical (unpaired) electrons. The van der Waals surface area contributed by atoms with Gasteiger partial charge in [-0.1, -0.05) is 0 Å². The number of aromatic nitrogens is 2. The number of hydrogen-bond donors (Lipinski definition) is 1. The van der Waals surface area contributed by atoms with Crippen LogP contribution in [0.2, 0.25) is 0 Å². The van der Waals surface area contributed by atoms with Crippen molar-refractivity contribution in [1.29, 1.82) is 0 Å². The third-order valence-electron chi connectivity index (χ3n) is 4.63. The van der Waals surface area contributed by atoms with E-state index in [0.717, 1.165) is 4.68 Å². The number of benzene rings is 1. The van der Waals surface area contributed by atoms with E-state index in [1.165, 1.54) is 6.07 Å². The van der Waals surface area contributed by atoms with Crippen molar-refractivity contribution < 1.29 is 19.1 Å². The Morgan fingerprint density at radius 3 is 2.72 bits per heavy atom. The summed E-state index contributed by atoms with van der Waals surface area (Å²) in [6.07, 6.45) is 0.0912. The zero-order chi connectivity index (χ0) is 20.8. The van der Waals surface area contributed by atoms with Gasteiger partial charge in [0.2, 0.25) is 11.8 Å². The monoisotopic (exact) mass is 400 g/mol. The van der Waals surface area contributed by atoms with E-state index in [0.29, 0.717) is 30.3 Å². The lowest BCUT2D eigenvalue weighted by Gasteiger charge is -2.35. The van der Waals surface area contributed by atoms with Crippen LogP contribution < -0.4 is 15.6 Å². The summed E-state index contributed by atoms with van der Waals surface area (Å²) in [6.45, 7) is 2.59. The summed E-state index contributed by atoms with van der Waals surface area (Å²) in [7, 11) is 1.57. The molecule has 1 atom stereocenters. The maximum Gasteiger partial charge on any atom is 0.267 e. The standard InChI is InChI=1S/C20H24N4O5/c1-14-3-8-19(26)24(22-14)12-20(27)23-9-10-29-13-16(23)11-18(25)21-15-4-6-17(28-2)7-5-15/h3-8,16H,9-13H2,1-2H3,(H,21,25)/t16-/m0/s1. The van der Waals surface area contributed by atoms with E-state index in [2.05, 4.69) is 10.4 Å². The first-order chi connectivity index (χ1) is 14.0. The molecule has 1 aromatic carbocycles. The highest BCUT2D eigenvalue weighted by Crippen LogP contribution is 2.17. The number of nitrogens with zero attached hydrogens (tertiary/aromatic N) is 3. The Hall–Kier alpha value is -3.20. The topological polar surface area (TPSA) is 103 Å². The van der Waals surface area contributed by atoms with Crippen LogP contribution in [-0.2, 0) is 20.9 Å². The summed E-state index contributed by atoms with van der Waals surface area (Å²) in [5.41, 5.74) is 0.946. The molecule has 1 fully saturated rings. The molecule has 9 nitrogen and oxygen atoms in total. The van der Waals surface area contributed by atoms with Gasteiger partial charge in [-0.05, 0) is 37.3 Å². The van der Waals surface area contributed by atoms with Crippen molar-refractivity contribution in [2.24, 2.45) is 0 Å². The summed E-state index contributed by atoms with van der Waals surface area (Å²) >= 11 is 0. The van der Waals surface area contributed by atoms with Crippen LogP contribution in [0.25, 0.3) is 0 Å². The highest BCUT2D eigenvalue weighted by atomic mass is 16.5. The predicted octanol–water partition coefficient (Wildman–Crippen LogP) is 0.817. The SMILES string of the molecule is COc1ccc(NC(=O)C[C@H]2COCCN2C(=O)Cn2nc(C)ccc2=O)cc1. The van der Waals surface area contributed by atoms with Crippen molar-refractivity contribution in [1.82, 2.24) is 14.7 Å². The number of carbonyl (C=O) groups excluding carboxylic acids is 2. The Kier molecular flexibility index (Phi) is 6.61. The summed E-state index contributed by atoms with van der Waals surface area (Å²) < 4.78 is 11.7. The van der Waals surface area contributed by atoms with E-state index in [1.54, 1.807) is 49.3 Å². The molecule has 1 aliphatic heterocycles. The fraction of sp³-hybridized carbons (Fsp3) is 0.400. The Morgan fingerprint density at radius 1 is 1.24 bits per heavy atom. The van der Waals surface area contributed by atoms with Crippen LogP contribution in [0.1, 0.15) is 12.1 Å². The first-order valence-electron chi connectivity index (χ1n) is 9.32. The van der Waals surface area contributed by atoms with E-state index in [-0.39, 0.29) is 36.9 Å². The maximum atomic E-state index is 12.8. The molecule has 0 bridgehead atoms. The molecular weight excluding hydrogens is 376 g/mol. The lowest BCUT2D eigenvalue weighted by Crippen LogP contribution is -2.51. The zero-order valence-corrected chi connectivity index (χ0v) is 16.5. The largest absolute Gasteiger partial charge is 0.497 e. The number of anilines is 1. The summed E-state index contributed by atoms with van der Waals surface area (Å²) in [4.78, 5) is 38.8. The van der Waals surface area contributed by atoms with Gasteiger partial charge < -0.3 is 19.7 Å². The van der Waals surface area contributed by atoms with Crippen molar-refractivity contribution >= 4 is 17.5 Å². The van der Waals surface area contributed by atoms with Gasteiger partial charge in [0, 0.05) is 24.7 Å². The highest BCUT2D eigenvalue weighted by molar-refractivity contribution is 5.91. The molecule has 0 spiro atoms. The smallest absolute Gasteiger partial charge is 0.267 e. The molecule has 2 aromatic rings. The predicted molar refractivity (Wildman–Crippen MR) is 106 cm³/mol. The van der Waals surface area contributed by atoms with Crippen LogP contribution in [0.4, 0.5) is 5.69 Å². The molecule has 154 valence electrons. The Balaban J connectivity index is 1.63. The minimum Gasteiger partial charge on any atom is -0.497 e. The van der Waals surface area contributed by atoms with Crippen molar-refractivity contribution in [2.45, 2.75) is 25.9 Å². The summed E-state index contributed by atoms with van der Waals surface area (Å²) in [5, 5.41) is 6.91. The first kappa shape index (κ1) is 20.5. The number of morpholine rings is 1. The Morgan fingerprint density at radius 2 is 2.00 bits per heavy atom. The average molecular weight is 400 g/mol. The zero-order valence-electron chi connectivity index (χ0n) is 16.5. The Labute approximate surface area is 168 Å². The van der Waals surface area contributed by atoms with Crippen LogP contribution in [0.3, 0.4) is 0 Å². The van der Waals surface area contributed by atoms with Gasteiger partial charge in [-0.3, -0.25) is 14.4 Å². The van der Waals surface area contributed by atoms with Crippen molar-refractivity contribution in [3.05, 3.63) is 52.4 Å². The number of nitrogens with one attached hydrogen (secondary N) is 1. The van der Waals surface area contributed by atoms with Crippen molar-refractivity contribution in [3.8, 4) is 5.75 Å². The molecule has 2 amide bonds. The van der Waals surface area contributed by atoms with Gasteiger partial charge in [-0.25, -0.2) is 4.68 Å². The van der Waals surface area contributed by atoms with Crippen LogP contribution >= 0.6 is 0 Å². The summed E-state index contributed by atoms with van der Waals surface area (Å²) in [6, 6.07) is 9.57. The van der Waals surface area contributed by atoms with E-state index < -0.39 is 6.04 Å². The lowest BCUT2D eigenvalue weighted by atomic mass is 10.1. The van der Waals surface area contributed by atoms with E-state index in [4.69, 9.17) is 9.47 Å². The molecule has 2 heterocycles. The van der Waals surface area contributed by atoms with Crippen LogP contribution in [0.15, 0.2) is 41.2 Å². The van der Waals surface area contributed by atoms with Crippen molar-refractivity contribution in [3.63, 3.8) is 0 Å². The van der Waals surface area contributed by atoms with E-state index >= 15 is 0 Å². The molecule has 0 unspecified atom stereocenters. The quantitative estimate of drug-likeness (QED) is 0.770. The second-order valence-electron chi connectivity index (χ2n) is 6.77. The molecule has 1 aliphatic rings. The molecule has 9 heteroatoms. The van der Waals surface area contributed by atoms with Gasteiger partial charge in [-0.15, -0.1) is 0 Å². The lowest BCUT2D eigenvalue weighted by molar-refractivity contribution is -0.142. The van der Waals surface area contributed by atoms with Gasteiger partial charge in [0.25, 0.3) is 5.56 Å². The second kappa shape index (κ2) is 9.33. The molecule has 1 aromatic heterocycles. The fourth-order valence-electron chi connectivity index (χ4n) is 3.14. The molecular formula is C20H24N4O5. The van der Waals surface area contributed by atoms with Crippen LogP contribution in [0.5, 0.6) is 5.75 Å². The first-order valence-corrected chi connectivity index (χ1v) is 9.32.